The first kappa shape index (κ1) is 18.0. The molecule has 7 nitrogen and oxygen atoms in total. The number of nitrogens with zero attached hydrogens (tertiary/aromatic N) is 3. The molecule has 0 saturated heterocycles. The standard InChI is InChI=1S/C19H24N4O3/c1-12(2)19(25)23-9-5-6-13-7-8-14(10-16(13)23)20-17(24)15-11-22(3)21-18(15)26-4/h7-8,10-12H,5-6,9H2,1-4H3,(H,20,24). The lowest BCUT2D eigenvalue weighted by atomic mass is 9.99. The van der Waals surface area contributed by atoms with Crippen LogP contribution in [0, 0.1) is 5.92 Å². The minimum Gasteiger partial charge on any atom is -0.479 e. The number of hydrogen-bond donors (Lipinski definition) is 1. The maximum atomic E-state index is 12.6. The summed E-state index contributed by atoms with van der Waals surface area (Å²) in [6.07, 6.45) is 3.49. The number of rotatable bonds is 4. The van der Waals surface area contributed by atoms with Gasteiger partial charge in [0.05, 0.1) is 7.11 Å². The molecule has 0 fully saturated rings. The Morgan fingerprint density at radius 1 is 1.31 bits per heavy atom. The Hall–Kier alpha value is -2.83. The first-order valence-corrected chi connectivity index (χ1v) is 8.74. The monoisotopic (exact) mass is 356 g/mol. The third-order valence-electron chi connectivity index (χ3n) is 4.45. The number of anilines is 2. The number of fused-ring (bicyclic) bond motifs is 1. The number of methoxy groups -OCH3 is 1. The van der Waals surface area contributed by atoms with Crippen molar-refractivity contribution in [2.24, 2.45) is 13.0 Å². The van der Waals surface area contributed by atoms with E-state index in [4.69, 9.17) is 4.74 Å². The minimum absolute atomic E-state index is 0.0705. The normalized spacial score (nSPS) is 13.5. The molecule has 0 aliphatic carbocycles. The summed E-state index contributed by atoms with van der Waals surface area (Å²) < 4.78 is 6.68. The first-order valence-electron chi connectivity index (χ1n) is 8.74. The van der Waals surface area contributed by atoms with Gasteiger partial charge in [0, 0.05) is 37.1 Å². The molecule has 3 rings (SSSR count). The van der Waals surface area contributed by atoms with Crippen LogP contribution in [0.25, 0.3) is 0 Å². The van der Waals surface area contributed by atoms with Gasteiger partial charge in [-0.2, -0.15) is 0 Å². The van der Waals surface area contributed by atoms with Crippen LogP contribution in [0.15, 0.2) is 24.4 Å². The average Bonchev–Trinajstić information content (AvgIpc) is 3.01. The van der Waals surface area contributed by atoms with E-state index in [0.29, 0.717) is 17.8 Å². The van der Waals surface area contributed by atoms with E-state index < -0.39 is 0 Å². The SMILES string of the molecule is COc1nn(C)cc1C(=O)Nc1ccc2c(c1)N(C(=O)C(C)C)CCC2. The first-order chi connectivity index (χ1) is 12.4. The van der Waals surface area contributed by atoms with Crippen molar-refractivity contribution in [1.29, 1.82) is 0 Å². The number of benzene rings is 1. The Morgan fingerprint density at radius 2 is 2.08 bits per heavy atom. The van der Waals surface area contributed by atoms with Crippen LogP contribution in [0.3, 0.4) is 0 Å². The fraction of sp³-hybridized carbons (Fsp3) is 0.421. The minimum atomic E-state index is -0.299. The summed E-state index contributed by atoms with van der Waals surface area (Å²) in [5.41, 5.74) is 3.01. The lowest BCUT2D eigenvalue weighted by Crippen LogP contribution is -2.38. The molecule has 2 heterocycles. The second-order valence-electron chi connectivity index (χ2n) is 6.77. The third kappa shape index (κ3) is 3.42. The van der Waals surface area contributed by atoms with Gasteiger partial charge in [-0.1, -0.05) is 19.9 Å². The molecule has 0 unspecified atom stereocenters. The lowest BCUT2D eigenvalue weighted by molar-refractivity contribution is -0.121. The highest BCUT2D eigenvalue weighted by molar-refractivity contribution is 6.06. The van der Waals surface area contributed by atoms with Crippen LogP contribution in [0.4, 0.5) is 11.4 Å². The second kappa shape index (κ2) is 7.19. The van der Waals surface area contributed by atoms with Gasteiger partial charge in [-0.25, -0.2) is 0 Å². The van der Waals surface area contributed by atoms with Crippen molar-refractivity contribution in [3.63, 3.8) is 0 Å². The number of ether oxygens (including phenoxy) is 1. The molecule has 2 amide bonds. The van der Waals surface area contributed by atoms with E-state index in [1.54, 1.807) is 13.2 Å². The summed E-state index contributed by atoms with van der Waals surface area (Å²) in [5, 5.41) is 6.97. The summed E-state index contributed by atoms with van der Waals surface area (Å²) in [6, 6.07) is 5.71. The van der Waals surface area contributed by atoms with Crippen LogP contribution in [0.1, 0.15) is 36.2 Å². The van der Waals surface area contributed by atoms with E-state index in [1.807, 2.05) is 36.9 Å². The van der Waals surface area contributed by atoms with Gasteiger partial charge in [0.15, 0.2) is 0 Å². The highest BCUT2D eigenvalue weighted by Gasteiger charge is 2.25. The predicted octanol–water partition coefficient (Wildman–Crippen LogP) is 2.62. The number of carbonyl (C=O) groups excluding carboxylic acids is 2. The van der Waals surface area contributed by atoms with Crippen LogP contribution in [0.2, 0.25) is 0 Å². The summed E-state index contributed by atoms with van der Waals surface area (Å²) in [7, 11) is 3.21. The quantitative estimate of drug-likeness (QED) is 0.914. The zero-order chi connectivity index (χ0) is 18.8. The highest BCUT2D eigenvalue weighted by atomic mass is 16.5. The molecule has 1 aromatic heterocycles. The largest absolute Gasteiger partial charge is 0.479 e. The molecule has 1 aromatic carbocycles. The topological polar surface area (TPSA) is 76.5 Å². The van der Waals surface area contributed by atoms with Gasteiger partial charge < -0.3 is 15.0 Å². The van der Waals surface area contributed by atoms with E-state index >= 15 is 0 Å². The van der Waals surface area contributed by atoms with Crippen LogP contribution < -0.4 is 15.0 Å². The molecule has 0 saturated carbocycles. The zero-order valence-corrected chi connectivity index (χ0v) is 15.6. The molecule has 0 spiro atoms. The van der Waals surface area contributed by atoms with Crippen LogP contribution in [-0.4, -0.2) is 35.2 Å². The van der Waals surface area contributed by atoms with Crippen molar-refractivity contribution in [3.8, 4) is 5.88 Å². The van der Waals surface area contributed by atoms with E-state index in [0.717, 1.165) is 24.1 Å². The van der Waals surface area contributed by atoms with Crippen molar-refractivity contribution in [2.75, 3.05) is 23.9 Å². The van der Waals surface area contributed by atoms with Gasteiger partial charge >= 0.3 is 0 Å². The van der Waals surface area contributed by atoms with Crippen LogP contribution in [-0.2, 0) is 18.3 Å². The molecule has 0 atom stereocenters. The molecule has 1 aliphatic rings. The molecule has 26 heavy (non-hydrogen) atoms. The Morgan fingerprint density at radius 3 is 2.77 bits per heavy atom. The van der Waals surface area contributed by atoms with Crippen molar-refractivity contribution >= 4 is 23.2 Å². The van der Waals surface area contributed by atoms with Gasteiger partial charge in [0.1, 0.15) is 5.56 Å². The fourth-order valence-corrected chi connectivity index (χ4v) is 3.17. The van der Waals surface area contributed by atoms with E-state index in [1.165, 1.54) is 11.8 Å². The van der Waals surface area contributed by atoms with E-state index in [-0.39, 0.29) is 23.6 Å². The Labute approximate surface area is 152 Å². The lowest BCUT2D eigenvalue weighted by Gasteiger charge is -2.31. The number of amides is 2. The molecular weight excluding hydrogens is 332 g/mol. The predicted molar refractivity (Wildman–Crippen MR) is 99.7 cm³/mol. The van der Waals surface area contributed by atoms with Crippen LogP contribution >= 0.6 is 0 Å². The molecular formula is C19H24N4O3. The van der Waals surface area contributed by atoms with Gasteiger partial charge in [0.25, 0.3) is 5.91 Å². The molecule has 0 radical (unpaired) electrons. The average molecular weight is 356 g/mol. The number of nitrogens with one attached hydrogen (secondary N) is 1. The van der Waals surface area contributed by atoms with Crippen molar-refractivity contribution in [1.82, 2.24) is 9.78 Å². The molecule has 0 bridgehead atoms. The van der Waals surface area contributed by atoms with Gasteiger partial charge in [-0.05, 0) is 30.5 Å². The molecule has 7 heteroatoms. The molecule has 1 aliphatic heterocycles. The Bertz CT molecular complexity index is 841. The summed E-state index contributed by atoms with van der Waals surface area (Å²) in [4.78, 5) is 26.9. The number of aromatic nitrogens is 2. The smallest absolute Gasteiger partial charge is 0.262 e. The summed E-state index contributed by atoms with van der Waals surface area (Å²) in [5.74, 6) is 0.00854. The maximum Gasteiger partial charge on any atom is 0.262 e. The van der Waals surface area contributed by atoms with Gasteiger partial charge in [-0.3, -0.25) is 14.3 Å². The van der Waals surface area contributed by atoms with Crippen molar-refractivity contribution in [2.45, 2.75) is 26.7 Å². The van der Waals surface area contributed by atoms with E-state index in [9.17, 15) is 9.59 Å². The second-order valence-corrected chi connectivity index (χ2v) is 6.77. The third-order valence-corrected chi connectivity index (χ3v) is 4.45. The van der Waals surface area contributed by atoms with Crippen molar-refractivity contribution < 1.29 is 14.3 Å². The molecule has 138 valence electrons. The summed E-state index contributed by atoms with van der Waals surface area (Å²) in [6.45, 7) is 4.51. The maximum absolute atomic E-state index is 12.6. The summed E-state index contributed by atoms with van der Waals surface area (Å²) >= 11 is 0. The fourth-order valence-electron chi connectivity index (χ4n) is 3.17. The number of hydrogen-bond acceptors (Lipinski definition) is 4. The van der Waals surface area contributed by atoms with Gasteiger partial charge in [0.2, 0.25) is 11.8 Å². The number of carbonyl (C=O) groups is 2. The Kier molecular flexibility index (Phi) is 4.97. The Balaban J connectivity index is 1.87. The van der Waals surface area contributed by atoms with E-state index in [2.05, 4.69) is 10.4 Å². The number of aryl methyl sites for hydroxylation is 2. The molecule has 1 N–H and O–H groups in total. The zero-order valence-electron chi connectivity index (χ0n) is 15.6. The van der Waals surface area contributed by atoms with Crippen molar-refractivity contribution in [3.05, 3.63) is 35.5 Å². The molecule has 2 aromatic rings. The van der Waals surface area contributed by atoms with Gasteiger partial charge in [-0.15, -0.1) is 5.10 Å². The highest BCUT2D eigenvalue weighted by Crippen LogP contribution is 2.31. The van der Waals surface area contributed by atoms with Crippen LogP contribution in [0.5, 0.6) is 5.88 Å².